The molecule has 1 saturated heterocycles. The normalized spacial score (nSPS) is 16.3. The van der Waals surface area contributed by atoms with Crippen LogP contribution in [0.2, 0.25) is 0 Å². The molecule has 0 atom stereocenters. The lowest BCUT2D eigenvalue weighted by molar-refractivity contribution is 0.103. The third-order valence-electron chi connectivity index (χ3n) is 5.06. The largest absolute Gasteiger partial charge is 0.378 e. The summed E-state index contributed by atoms with van der Waals surface area (Å²) in [4.78, 5) is 15.6. The number of benzene rings is 3. The number of carbonyl (C=O) groups is 1. The second kappa shape index (κ2) is 5.18. The Kier molecular flexibility index (Phi) is 2.97. The van der Waals surface area contributed by atoms with Crippen LogP contribution in [0.25, 0.3) is 21.9 Å². The second-order valence-electron chi connectivity index (χ2n) is 6.34. The zero-order valence-electron chi connectivity index (χ0n) is 13.3. The van der Waals surface area contributed by atoms with Gasteiger partial charge in [0.05, 0.1) is 18.8 Å². The van der Waals surface area contributed by atoms with Crippen molar-refractivity contribution in [2.75, 3.05) is 31.2 Å². The predicted molar refractivity (Wildman–Crippen MR) is 95.8 cm³/mol. The van der Waals surface area contributed by atoms with Gasteiger partial charge in [0.1, 0.15) is 0 Å². The van der Waals surface area contributed by atoms with Gasteiger partial charge in [0.25, 0.3) is 0 Å². The highest BCUT2D eigenvalue weighted by atomic mass is 16.5. The smallest absolute Gasteiger partial charge is 0.196 e. The average molecular weight is 315 g/mol. The molecule has 0 N–H and O–H groups in total. The van der Waals surface area contributed by atoms with Gasteiger partial charge in [0.15, 0.2) is 5.78 Å². The maximum atomic E-state index is 13.3. The molecule has 0 saturated carbocycles. The van der Waals surface area contributed by atoms with Crippen molar-refractivity contribution in [1.29, 1.82) is 0 Å². The van der Waals surface area contributed by atoms with Gasteiger partial charge in [0, 0.05) is 29.7 Å². The molecule has 3 aromatic rings. The number of hydrogen-bond acceptors (Lipinski definition) is 3. The van der Waals surface area contributed by atoms with Crippen molar-refractivity contribution < 1.29 is 9.53 Å². The highest BCUT2D eigenvalue weighted by molar-refractivity contribution is 6.28. The van der Waals surface area contributed by atoms with E-state index >= 15 is 0 Å². The fourth-order valence-electron chi connectivity index (χ4n) is 3.94. The van der Waals surface area contributed by atoms with Gasteiger partial charge in [0.2, 0.25) is 0 Å². The van der Waals surface area contributed by atoms with Crippen LogP contribution in [-0.2, 0) is 4.74 Å². The fraction of sp³-hybridized carbons (Fsp3) is 0.190. The van der Waals surface area contributed by atoms with E-state index in [9.17, 15) is 4.79 Å². The highest BCUT2D eigenvalue weighted by Crippen LogP contribution is 2.43. The summed E-state index contributed by atoms with van der Waals surface area (Å²) in [6, 6.07) is 18.4. The van der Waals surface area contributed by atoms with Crippen LogP contribution in [0.15, 0.2) is 54.6 Å². The summed E-state index contributed by atoms with van der Waals surface area (Å²) in [6.07, 6.45) is 0. The summed E-state index contributed by atoms with van der Waals surface area (Å²) in [5, 5.41) is 2.22. The van der Waals surface area contributed by atoms with Crippen molar-refractivity contribution in [3.8, 4) is 11.1 Å². The average Bonchev–Trinajstić information content (AvgIpc) is 2.66. The third-order valence-corrected chi connectivity index (χ3v) is 5.06. The molecule has 118 valence electrons. The molecule has 3 nitrogen and oxygen atoms in total. The first kappa shape index (κ1) is 13.8. The minimum absolute atomic E-state index is 0.136. The fourth-order valence-corrected chi connectivity index (χ4v) is 3.94. The molecular formula is C21H17NO2. The molecule has 0 aromatic heterocycles. The number of nitrogens with zero attached hydrogens (tertiary/aromatic N) is 1. The molecule has 5 rings (SSSR count). The maximum absolute atomic E-state index is 13.3. The van der Waals surface area contributed by atoms with Crippen LogP contribution in [0.1, 0.15) is 15.9 Å². The molecule has 0 spiro atoms. The predicted octanol–water partition coefficient (Wildman–Crippen LogP) is 3.89. The summed E-state index contributed by atoms with van der Waals surface area (Å²) >= 11 is 0. The van der Waals surface area contributed by atoms with Crippen LogP contribution in [-0.4, -0.2) is 32.1 Å². The Hall–Kier alpha value is -2.65. The zero-order valence-corrected chi connectivity index (χ0v) is 13.3. The molecular weight excluding hydrogens is 298 g/mol. The Morgan fingerprint density at radius 3 is 2.38 bits per heavy atom. The molecule has 0 radical (unpaired) electrons. The molecule has 0 bridgehead atoms. The van der Waals surface area contributed by atoms with Crippen molar-refractivity contribution in [3.05, 3.63) is 65.7 Å². The van der Waals surface area contributed by atoms with Gasteiger partial charge in [-0.15, -0.1) is 0 Å². The highest BCUT2D eigenvalue weighted by Gasteiger charge is 2.29. The standard InChI is InChI=1S/C21H17NO2/c23-21-17-6-2-1-5-15(17)16-7-3-4-14-8-9-18(20(21)19(14)16)22-10-12-24-13-11-22/h1-9H,10-13H2. The number of ether oxygens (including phenoxy) is 1. The summed E-state index contributed by atoms with van der Waals surface area (Å²) in [5.41, 5.74) is 4.90. The van der Waals surface area contributed by atoms with Crippen molar-refractivity contribution in [1.82, 2.24) is 0 Å². The van der Waals surface area contributed by atoms with Gasteiger partial charge in [-0.1, -0.05) is 48.5 Å². The molecule has 3 aromatic carbocycles. The summed E-state index contributed by atoms with van der Waals surface area (Å²) < 4.78 is 5.48. The third kappa shape index (κ3) is 1.85. The van der Waals surface area contributed by atoms with Gasteiger partial charge in [-0.2, -0.15) is 0 Å². The number of anilines is 1. The first-order valence-electron chi connectivity index (χ1n) is 8.37. The van der Waals surface area contributed by atoms with E-state index in [4.69, 9.17) is 4.74 Å². The van der Waals surface area contributed by atoms with E-state index in [1.54, 1.807) is 0 Å². The molecule has 24 heavy (non-hydrogen) atoms. The van der Waals surface area contributed by atoms with E-state index in [2.05, 4.69) is 35.2 Å². The molecule has 1 heterocycles. The Labute approximate surface area is 140 Å². The van der Waals surface area contributed by atoms with E-state index in [-0.39, 0.29) is 5.78 Å². The molecule has 3 heteroatoms. The van der Waals surface area contributed by atoms with Crippen molar-refractivity contribution in [2.45, 2.75) is 0 Å². The van der Waals surface area contributed by atoms with Crippen LogP contribution in [0.5, 0.6) is 0 Å². The summed E-state index contributed by atoms with van der Waals surface area (Å²) in [5.74, 6) is 0.136. The summed E-state index contributed by atoms with van der Waals surface area (Å²) in [7, 11) is 0. The molecule has 1 aliphatic heterocycles. The number of fused-ring (bicyclic) bond motifs is 2. The lowest BCUT2D eigenvalue weighted by Gasteiger charge is -2.32. The van der Waals surface area contributed by atoms with Crippen molar-refractivity contribution in [3.63, 3.8) is 0 Å². The van der Waals surface area contributed by atoms with Gasteiger partial charge in [-0.05, 0) is 22.6 Å². The molecule has 2 aliphatic rings. The van der Waals surface area contributed by atoms with Gasteiger partial charge in [-0.25, -0.2) is 0 Å². The lowest BCUT2D eigenvalue weighted by atomic mass is 9.82. The maximum Gasteiger partial charge on any atom is 0.196 e. The molecule has 1 aliphatic carbocycles. The van der Waals surface area contributed by atoms with Crippen LogP contribution in [0, 0.1) is 0 Å². The number of rotatable bonds is 1. The zero-order chi connectivity index (χ0) is 16.1. The number of carbonyl (C=O) groups excluding carboxylic acids is 1. The van der Waals surface area contributed by atoms with Gasteiger partial charge in [-0.3, -0.25) is 4.79 Å². The van der Waals surface area contributed by atoms with E-state index in [0.29, 0.717) is 13.2 Å². The number of hydrogen-bond donors (Lipinski definition) is 0. The van der Waals surface area contributed by atoms with E-state index in [1.165, 1.54) is 0 Å². The van der Waals surface area contributed by atoms with E-state index < -0.39 is 0 Å². The molecule has 1 fully saturated rings. The Morgan fingerprint density at radius 2 is 1.54 bits per heavy atom. The molecule has 0 amide bonds. The van der Waals surface area contributed by atoms with Crippen LogP contribution < -0.4 is 4.90 Å². The second-order valence-corrected chi connectivity index (χ2v) is 6.34. The number of morpholine rings is 1. The number of ketones is 1. The Bertz CT molecular complexity index is 971. The monoisotopic (exact) mass is 315 g/mol. The first-order valence-corrected chi connectivity index (χ1v) is 8.37. The van der Waals surface area contributed by atoms with Crippen LogP contribution in [0.3, 0.4) is 0 Å². The topological polar surface area (TPSA) is 29.5 Å². The molecule has 0 unspecified atom stereocenters. The Balaban J connectivity index is 1.85. The quantitative estimate of drug-likeness (QED) is 0.534. The Morgan fingerprint density at radius 1 is 0.792 bits per heavy atom. The van der Waals surface area contributed by atoms with Crippen LogP contribution >= 0.6 is 0 Å². The first-order chi connectivity index (χ1) is 11.8. The van der Waals surface area contributed by atoms with E-state index in [1.807, 2.05) is 24.3 Å². The van der Waals surface area contributed by atoms with E-state index in [0.717, 1.165) is 51.8 Å². The lowest BCUT2D eigenvalue weighted by Crippen LogP contribution is -2.37. The minimum Gasteiger partial charge on any atom is -0.378 e. The van der Waals surface area contributed by atoms with Gasteiger partial charge < -0.3 is 9.64 Å². The van der Waals surface area contributed by atoms with Crippen LogP contribution in [0.4, 0.5) is 5.69 Å². The summed E-state index contributed by atoms with van der Waals surface area (Å²) in [6.45, 7) is 3.08. The minimum atomic E-state index is 0.136. The van der Waals surface area contributed by atoms with Crippen molar-refractivity contribution in [2.24, 2.45) is 0 Å². The van der Waals surface area contributed by atoms with Gasteiger partial charge >= 0.3 is 0 Å². The van der Waals surface area contributed by atoms with Crippen molar-refractivity contribution >= 4 is 22.2 Å². The SMILES string of the molecule is O=C1c2ccccc2-c2cccc3ccc(N4CCOCC4)c1c23.